The smallest absolute Gasteiger partial charge is 0.132 e. The minimum atomic E-state index is 0.340. The summed E-state index contributed by atoms with van der Waals surface area (Å²) in [6.07, 6.45) is 2.17. The van der Waals surface area contributed by atoms with E-state index in [4.69, 9.17) is 0 Å². The molecule has 1 aromatic rings. The maximum Gasteiger partial charge on any atom is 0.132 e. The number of Topliss-reactive ketones (excluding diaryl/α,β-unsaturated/α-hetero) is 1. The van der Waals surface area contributed by atoms with Crippen LogP contribution >= 0.6 is 0 Å². The number of aryl methyl sites for hydroxylation is 1. The summed E-state index contributed by atoms with van der Waals surface area (Å²) >= 11 is 0. The Morgan fingerprint density at radius 1 is 1.20 bits per heavy atom. The van der Waals surface area contributed by atoms with E-state index in [9.17, 15) is 4.79 Å². The van der Waals surface area contributed by atoms with Gasteiger partial charge < -0.3 is 4.90 Å². The van der Waals surface area contributed by atoms with E-state index in [-0.39, 0.29) is 0 Å². The van der Waals surface area contributed by atoms with Crippen LogP contribution in [-0.2, 0) is 11.2 Å². The van der Waals surface area contributed by atoms with Crippen molar-refractivity contribution in [2.75, 3.05) is 19.0 Å². The fourth-order valence-electron chi connectivity index (χ4n) is 1.42. The van der Waals surface area contributed by atoms with Crippen LogP contribution in [0.1, 0.15) is 25.3 Å². The number of ketones is 1. The van der Waals surface area contributed by atoms with E-state index in [2.05, 4.69) is 29.2 Å². The summed E-state index contributed by atoms with van der Waals surface area (Å²) in [4.78, 5) is 13.2. The van der Waals surface area contributed by atoms with Crippen molar-refractivity contribution in [1.82, 2.24) is 0 Å². The van der Waals surface area contributed by atoms with Gasteiger partial charge in [0.2, 0.25) is 0 Å². The summed E-state index contributed by atoms with van der Waals surface area (Å²) < 4.78 is 0. The van der Waals surface area contributed by atoms with Crippen molar-refractivity contribution in [3.8, 4) is 0 Å². The predicted molar refractivity (Wildman–Crippen MR) is 64.4 cm³/mol. The Morgan fingerprint density at radius 3 is 2.27 bits per heavy atom. The zero-order valence-corrected chi connectivity index (χ0v) is 9.79. The summed E-state index contributed by atoms with van der Waals surface area (Å²) in [5.41, 5.74) is 2.43. The lowest BCUT2D eigenvalue weighted by Gasteiger charge is -2.12. The molecule has 0 saturated carbocycles. The minimum Gasteiger partial charge on any atom is -0.378 e. The molecule has 2 nitrogen and oxygen atoms in total. The van der Waals surface area contributed by atoms with Crippen LogP contribution in [0.15, 0.2) is 24.3 Å². The zero-order valence-electron chi connectivity index (χ0n) is 9.79. The van der Waals surface area contributed by atoms with E-state index in [0.29, 0.717) is 18.6 Å². The maximum atomic E-state index is 11.2. The molecule has 0 radical (unpaired) electrons. The molecule has 0 saturated heterocycles. The van der Waals surface area contributed by atoms with Crippen LogP contribution in [0, 0.1) is 0 Å². The first kappa shape index (κ1) is 11.8. The molecule has 0 N–H and O–H groups in total. The Balaban J connectivity index is 2.53. The third kappa shape index (κ3) is 3.74. The van der Waals surface area contributed by atoms with Crippen LogP contribution in [-0.4, -0.2) is 19.9 Å². The molecular formula is C13H19NO. The molecule has 0 aliphatic rings. The van der Waals surface area contributed by atoms with E-state index >= 15 is 0 Å². The molecule has 0 bridgehead atoms. The summed E-state index contributed by atoms with van der Waals surface area (Å²) in [6, 6.07) is 8.37. The van der Waals surface area contributed by atoms with E-state index in [1.54, 1.807) is 0 Å². The van der Waals surface area contributed by atoms with Crippen molar-refractivity contribution < 1.29 is 4.79 Å². The first-order valence-corrected chi connectivity index (χ1v) is 5.41. The Hall–Kier alpha value is -1.31. The van der Waals surface area contributed by atoms with E-state index < -0.39 is 0 Å². The molecule has 15 heavy (non-hydrogen) atoms. The van der Waals surface area contributed by atoms with Crippen molar-refractivity contribution in [3.63, 3.8) is 0 Å². The van der Waals surface area contributed by atoms with Gasteiger partial charge in [-0.1, -0.05) is 19.1 Å². The Bertz CT molecular complexity index is 314. The van der Waals surface area contributed by atoms with Crippen LogP contribution in [0.3, 0.4) is 0 Å². The molecule has 0 spiro atoms. The second-order valence-corrected chi connectivity index (χ2v) is 3.95. The number of anilines is 1. The van der Waals surface area contributed by atoms with E-state index in [1.807, 2.05) is 21.0 Å². The van der Waals surface area contributed by atoms with Crippen LogP contribution in [0.25, 0.3) is 0 Å². The molecule has 0 heterocycles. The van der Waals surface area contributed by atoms with Crippen molar-refractivity contribution in [2.24, 2.45) is 0 Å². The molecule has 0 aromatic heterocycles. The van der Waals surface area contributed by atoms with Crippen LogP contribution in [0.2, 0.25) is 0 Å². The largest absolute Gasteiger partial charge is 0.378 e. The predicted octanol–water partition coefficient (Wildman–Crippen LogP) is 2.66. The van der Waals surface area contributed by atoms with Gasteiger partial charge in [0.15, 0.2) is 0 Å². The van der Waals surface area contributed by atoms with Crippen LogP contribution < -0.4 is 4.90 Å². The highest BCUT2D eigenvalue weighted by Crippen LogP contribution is 2.13. The Labute approximate surface area is 91.9 Å². The summed E-state index contributed by atoms with van der Waals surface area (Å²) in [5.74, 6) is 0.340. The Morgan fingerprint density at radius 2 is 1.80 bits per heavy atom. The van der Waals surface area contributed by atoms with Gasteiger partial charge in [-0.2, -0.15) is 0 Å². The molecule has 1 rings (SSSR count). The van der Waals surface area contributed by atoms with Gasteiger partial charge in [-0.25, -0.2) is 0 Å². The summed E-state index contributed by atoms with van der Waals surface area (Å²) in [7, 11) is 4.05. The minimum absolute atomic E-state index is 0.340. The number of carbonyl (C=O) groups is 1. The molecule has 0 fully saturated rings. The molecule has 2 heteroatoms. The van der Waals surface area contributed by atoms with Gasteiger partial charge in [0, 0.05) is 32.6 Å². The molecule has 0 unspecified atom stereocenters. The average Bonchev–Trinajstić information content (AvgIpc) is 2.26. The van der Waals surface area contributed by atoms with Gasteiger partial charge in [-0.3, -0.25) is 4.79 Å². The standard InChI is InChI=1S/C13H19NO/c1-4-13(15)10-7-11-5-8-12(9-6-11)14(2)3/h5-6,8-9H,4,7,10H2,1-3H3. The fourth-order valence-corrected chi connectivity index (χ4v) is 1.42. The first-order chi connectivity index (χ1) is 7.13. The topological polar surface area (TPSA) is 20.3 Å². The third-order valence-corrected chi connectivity index (χ3v) is 2.54. The number of hydrogen-bond acceptors (Lipinski definition) is 2. The summed E-state index contributed by atoms with van der Waals surface area (Å²) in [6.45, 7) is 1.91. The van der Waals surface area contributed by atoms with Crippen molar-refractivity contribution >= 4 is 11.5 Å². The second-order valence-electron chi connectivity index (χ2n) is 3.95. The monoisotopic (exact) mass is 205 g/mol. The fraction of sp³-hybridized carbons (Fsp3) is 0.462. The van der Waals surface area contributed by atoms with Crippen molar-refractivity contribution in [1.29, 1.82) is 0 Å². The second kappa shape index (κ2) is 5.54. The number of nitrogens with zero attached hydrogens (tertiary/aromatic N) is 1. The summed E-state index contributed by atoms with van der Waals surface area (Å²) in [5, 5.41) is 0. The highest BCUT2D eigenvalue weighted by Gasteiger charge is 2.00. The SMILES string of the molecule is CCC(=O)CCc1ccc(N(C)C)cc1. The molecule has 0 atom stereocenters. The number of rotatable bonds is 5. The molecule has 1 aromatic carbocycles. The van der Waals surface area contributed by atoms with Crippen LogP contribution in [0.4, 0.5) is 5.69 Å². The number of benzene rings is 1. The number of hydrogen-bond donors (Lipinski definition) is 0. The molecule has 82 valence electrons. The highest BCUT2D eigenvalue weighted by atomic mass is 16.1. The lowest BCUT2D eigenvalue weighted by molar-refractivity contribution is -0.118. The van der Waals surface area contributed by atoms with Gasteiger partial charge in [0.25, 0.3) is 0 Å². The zero-order chi connectivity index (χ0) is 11.3. The first-order valence-electron chi connectivity index (χ1n) is 5.41. The number of carbonyl (C=O) groups excluding carboxylic acids is 1. The van der Waals surface area contributed by atoms with Crippen molar-refractivity contribution in [3.05, 3.63) is 29.8 Å². The lowest BCUT2D eigenvalue weighted by atomic mass is 10.1. The quantitative estimate of drug-likeness (QED) is 0.736. The van der Waals surface area contributed by atoms with Gasteiger partial charge in [0.05, 0.1) is 0 Å². The third-order valence-electron chi connectivity index (χ3n) is 2.54. The molecule has 0 amide bonds. The van der Waals surface area contributed by atoms with E-state index in [1.165, 1.54) is 11.3 Å². The molecule has 0 aliphatic heterocycles. The van der Waals surface area contributed by atoms with Gasteiger partial charge in [-0.05, 0) is 24.1 Å². The van der Waals surface area contributed by atoms with Crippen molar-refractivity contribution in [2.45, 2.75) is 26.2 Å². The lowest BCUT2D eigenvalue weighted by Crippen LogP contribution is -2.08. The molecule has 0 aliphatic carbocycles. The van der Waals surface area contributed by atoms with Crippen LogP contribution in [0.5, 0.6) is 0 Å². The molecular weight excluding hydrogens is 186 g/mol. The van der Waals surface area contributed by atoms with Gasteiger partial charge >= 0.3 is 0 Å². The van der Waals surface area contributed by atoms with Gasteiger partial charge in [-0.15, -0.1) is 0 Å². The normalized spacial score (nSPS) is 10.1. The maximum absolute atomic E-state index is 11.2. The van der Waals surface area contributed by atoms with E-state index in [0.717, 1.165) is 6.42 Å². The average molecular weight is 205 g/mol. The highest BCUT2D eigenvalue weighted by molar-refractivity contribution is 5.78. The Kier molecular flexibility index (Phi) is 4.35. The van der Waals surface area contributed by atoms with Gasteiger partial charge in [0.1, 0.15) is 5.78 Å².